The molecule has 138 valence electrons. The van der Waals surface area contributed by atoms with Gasteiger partial charge in [-0.2, -0.15) is 0 Å². The molecule has 3 rings (SSSR count). The third kappa shape index (κ3) is 5.09. The average Bonchev–Trinajstić information content (AvgIpc) is 2.63. The van der Waals surface area contributed by atoms with Crippen LogP contribution in [-0.4, -0.2) is 12.1 Å². The lowest BCUT2D eigenvalue weighted by molar-refractivity contribution is 0.0173. The molecule has 1 fully saturated rings. The van der Waals surface area contributed by atoms with E-state index in [4.69, 9.17) is 4.74 Å². The molecule has 0 aromatic heterocycles. The van der Waals surface area contributed by atoms with E-state index in [-0.39, 0.29) is 12.1 Å². The van der Waals surface area contributed by atoms with E-state index in [9.17, 15) is 4.79 Å². The number of unbranched alkanes of at least 4 members (excludes halogenated alkanes) is 2. The van der Waals surface area contributed by atoms with Crippen LogP contribution in [0.4, 0.5) is 0 Å². The number of rotatable bonds is 6. The number of esters is 1. The molecular formula is C23H34O2. The zero-order valence-corrected chi connectivity index (χ0v) is 16.1. The van der Waals surface area contributed by atoms with E-state index in [1.54, 1.807) is 0 Å². The van der Waals surface area contributed by atoms with Crippen LogP contribution in [-0.2, 0) is 17.6 Å². The number of hydrogen-bond acceptors (Lipinski definition) is 2. The summed E-state index contributed by atoms with van der Waals surface area (Å²) in [5.74, 6) is 1.50. The Balaban J connectivity index is 1.55. The monoisotopic (exact) mass is 342 g/mol. The lowest BCUT2D eigenvalue weighted by Gasteiger charge is -2.27. The second kappa shape index (κ2) is 8.87. The average molecular weight is 343 g/mol. The maximum Gasteiger partial charge on any atom is 0.338 e. The summed E-state index contributed by atoms with van der Waals surface area (Å²) in [6, 6.07) is 6.27. The van der Waals surface area contributed by atoms with Crippen LogP contribution in [0.25, 0.3) is 0 Å². The van der Waals surface area contributed by atoms with Crippen LogP contribution >= 0.6 is 0 Å². The maximum absolute atomic E-state index is 12.5. The summed E-state index contributed by atoms with van der Waals surface area (Å²) >= 11 is 0. The highest BCUT2D eigenvalue weighted by atomic mass is 16.5. The Morgan fingerprint density at radius 1 is 1.08 bits per heavy atom. The van der Waals surface area contributed by atoms with E-state index in [2.05, 4.69) is 26.0 Å². The fraction of sp³-hybridized carbons (Fsp3) is 0.696. The largest absolute Gasteiger partial charge is 0.459 e. The van der Waals surface area contributed by atoms with Crippen LogP contribution < -0.4 is 0 Å². The molecule has 0 heterocycles. The molecule has 0 aliphatic heterocycles. The summed E-state index contributed by atoms with van der Waals surface area (Å²) < 4.78 is 5.76. The molecule has 0 bridgehead atoms. The first kappa shape index (κ1) is 18.5. The van der Waals surface area contributed by atoms with Crippen LogP contribution in [0.5, 0.6) is 0 Å². The van der Waals surface area contributed by atoms with Crippen LogP contribution in [0.15, 0.2) is 18.2 Å². The summed E-state index contributed by atoms with van der Waals surface area (Å²) in [6.45, 7) is 4.56. The van der Waals surface area contributed by atoms with Gasteiger partial charge in [0.05, 0.1) is 5.56 Å². The SMILES string of the molecule is CCCCCC1CCc2cc(C(=O)OC3CCC(C)CC3)ccc2C1. The molecule has 1 atom stereocenters. The first-order chi connectivity index (χ1) is 12.2. The predicted molar refractivity (Wildman–Crippen MR) is 103 cm³/mol. The molecule has 25 heavy (non-hydrogen) atoms. The van der Waals surface area contributed by atoms with Gasteiger partial charge in [0.15, 0.2) is 0 Å². The Bertz CT molecular complexity index is 569. The van der Waals surface area contributed by atoms with E-state index in [0.29, 0.717) is 0 Å². The van der Waals surface area contributed by atoms with Gasteiger partial charge in [-0.05, 0) is 80.0 Å². The molecule has 1 unspecified atom stereocenters. The molecule has 1 aromatic rings. The van der Waals surface area contributed by atoms with Crippen molar-refractivity contribution >= 4 is 5.97 Å². The molecule has 1 aromatic carbocycles. The molecule has 2 aliphatic rings. The molecule has 2 nitrogen and oxygen atoms in total. The van der Waals surface area contributed by atoms with Crippen molar-refractivity contribution in [2.45, 2.75) is 90.6 Å². The molecule has 0 saturated heterocycles. The Labute approximate surface area is 153 Å². The van der Waals surface area contributed by atoms with E-state index in [1.165, 1.54) is 62.5 Å². The molecular weight excluding hydrogens is 308 g/mol. The normalized spacial score (nSPS) is 26.1. The van der Waals surface area contributed by atoms with Crippen LogP contribution in [0.1, 0.15) is 93.1 Å². The number of carbonyl (C=O) groups excluding carboxylic acids is 1. The molecule has 0 radical (unpaired) electrons. The van der Waals surface area contributed by atoms with E-state index in [0.717, 1.165) is 36.7 Å². The smallest absolute Gasteiger partial charge is 0.338 e. The van der Waals surface area contributed by atoms with Crippen molar-refractivity contribution in [1.29, 1.82) is 0 Å². The minimum absolute atomic E-state index is 0.118. The van der Waals surface area contributed by atoms with Crippen molar-refractivity contribution in [2.24, 2.45) is 11.8 Å². The van der Waals surface area contributed by atoms with Crippen molar-refractivity contribution in [2.75, 3.05) is 0 Å². The minimum atomic E-state index is -0.118. The quantitative estimate of drug-likeness (QED) is 0.461. The van der Waals surface area contributed by atoms with E-state index >= 15 is 0 Å². The molecule has 2 aliphatic carbocycles. The van der Waals surface area contributed by atoms with Crippen molar-refractivity contribution in [1.82, 2.24) is 0 Å². The summed E-state index contributed by atoms with van der Waals surface area (Å²) in [6.07, 6.45) is 13.5. The zero-order chi connectivity index (χ0) is 17.6. The molecule has 0 amide bonds. The number of ether oxygens (including phenoxy) is 1. The van der Waals surface area contributed by atoms with Crippen molar-refractivity contribution in [3.8, 4) is 0 Å². The van der Waals surface area contributed by atoms with Crippen molar-refractivity contribution < 1.29 is 9.53 Å². The van der Waals surface area contributed by atoms with Gasteiger partial charge < -0.3 is 4.74 Å². The Morgan fingerprint density at radius 3 is 2.64 bits per heavy atom. The Morgan fingerprint density at radius 2 is 1.88 bits per heavy atom. The number of fused-ring (bicyclic) bond motifs is 1. The molecule has 0 spiro atoms. The van der Waals surface area contributed by atoms with Crippen molar-refractivity contribution in [3.05, 3.63) is 34.9 Å². The summed E-state index contributed by atoms with van der Waals surface area (Å²) in [5.41, 5.74) is 3.58. The first-order valence-corrected chi connectivity index (χ1v) is 10.5. The molecule has 1 saturated carbocycles. The number of aryl methyl sites for hydroxylation is 1. The molecule has 2 heteroatoms. The van der Waals surface area contributed by atoms with E-state index in [1.807, 2.05) is 6.07 Å². The molecule has 0 N–H and O–H groups in total. The second-order valence-electron chi connectivity index (χ2n) is 8.38. The Kier molecular flexibility index (Phi) is 6.56. The fourth-order valence-corrected chi connectivity index (χ4v) is 4.45. The standard InChI is InChI=1S/C23H34O2/c1-3-4-5-6-18-9-10-20-16-21(12-11-19(20)15-18)23(24)25-22-13-7-17(2)8-14-22/h11-12,16-18,22H,3-10,13-15H2,1-2H3. The van der Waals surface area contributed by atoms with Gasteiger partial charge in [0.2, 0.25) is 0 Å². The van der Waals surface area contributed by atoms with Gasteiger partial charge in [-0.3, -0.25) is 0 Å². The van der Waals surface area contributed by atoms with Gasteiger partial charge in [0.1, 0.15) is 6.10 Å². The fourth-order valence-electron chi connectivity index (χ4n) is 4.45. The van der Waals surface area contributed by atoms with Gasteiger partial charge in [-0.1, -0.05) is 45.6 Å². The highest BCUT2D eigenvalue weighted by Crippen LogP contribution is 2.30. The van der Waals surface area contributed by atoms with Gasteiger partial charge in [0, 0.05) is 0 Å². The second-order valence-corrected chi connectivity index (χ2v) is 8.38. The van der Waals surface area contributed by atoms with Gasteiger partial charge >= 0.3 is 5.97 Å². The lowest BCUT2D eigenvalue weighted by atomic mass is 9.81. The van der Waals surface area contributed by atoms with Gasteiger partial charge in [-0.25, -0.2) is 4.79 Å². The lowest BCUT2D eigenvalue weighted by Crippen LogP contribution is -2.24. The highest BCUT2D eigenvalue weighted by molar-refractivity contribution is 5.89. The predicted octanol–water partition coefficient (Wildman–Crippen LogP) is 6.11. The number of benzene rings is 1. The topological polar surface area (TPSA) is 26.3 Å². The third-order valence-corrected chi connectivity index (χ3v) is 6.22. The maximum atomic E-state index is 12.5. The third-order valence-electron chi connectivity index (χ3n) is 6.22. The van der Waals surface area contributed by atoms with Gasteiger partial charge in [-0.15, -0.1) is 0 Å². The highest BCUT2D eigenvalue weighted by Gasteiger charge is 2.24. The zero-order valence-electron chi connectivity index (χ0n) is 16.1. The Hall–Kier alpha value is -1.31. The minimum Gasteiger partial charge on any atom is -0.459 e. The van der Waals surface area contributed by atoms with E-state index < -0.39 is 0 Å². The summed E-state index contributed by atoms with van der Waals surface area (Å²) in [7, 11) is 0. The van der Waals surface area contributed by atoms with Crippen LogP contribution in [0.3, 0.4) is 0 Å². The first-order valence-electron chi connectivity index (χ1n) is 10.5. The number of carbonyl (C=O) groups is 1. The number of hydrogen-bond donors (Lipinski definition) is 0. The van der Waals surface area contributed by atoms with Crippen LogP contribution in [0, 0.1) is 11.8 Å². The van der Waals surface area contributed by atoms with Gasteiger partial charge in [0.25, 0.3) is 0 Å². The summed E-state index contributed by atoms with van der Waals surface area (Å²) in [4.78, 5) is 12.5. The van der Waals surface area contributed by atoms with Crippen LogP contribution in [0.2, 0.25) is 0 Å². The summed E-state index contributed by atoms with van der Waals surface area (Å²) in [5, 5.41) is 0. The van der Waals surface area contributed by atoms with Crippen molar-refractivity contribution in [3.63, 3.8) is 0 Å².